The second kappa shape index (κ2) is 10.3. The molecule has 0 radical (unpaired) electrons. The Balaban J connectivity index is 1.39. The maximum Gasteiger partial charge on any atom is 0.243 e. The van der Waals surface area contributed by atoms with Crippen molar-refractivity contribution in [2.45, 2.75) is 44.2 Å². The topological polar surface area (TPSA) is 96.8 Å². The van der Waals surface area contributed by atoms with E-state index in [1.807, 2.05) is 29.9 Å². The first-order valence-corrected chi connectivity index (χ1v) is 13.0. The number of piperidine rings is 1. The average Bonchev–Trinajstić information content (AvgIpc) is 3.28. The summed E-state index contributed by atoms with van der Waals surface area (Å²) >= 11 is 0. The summed E-state index contributed by atoms with van der Waals surface area (Å²) in [7, 11) is -3.56. The lowest BCUT2D eigenvalue weighted by Gasteiger charge is -2.32. The van der Waals surface area contributed by atoms with Crippen LogP contribution >= 0.6 is 0 Å². The summed E-state index contributed by atoms with van der Waals surface area (Å²) in [6, 6.07) is 5.84. The molecule has 3 heterocycles. The normalized spacial score (nSPS) is 19.0. The van der Waals surface area contributed by atoms with Gasteiger partial charge in [0.25, 0.3) is 0 Å². The maximum absolute atomic E-state index is 13.2. The van der Waals surface area contributed by atoms with Crippen molar-refractivity contribution in [3.63, 3.8) is 0 Å². The Morgan fingerprint density at radius 3 is 2.55 bits per heavy atom. The molecule has 0 bridgehead atoms. The predicted octanol–water partition coefficient (Wildman–Crippen LogP) is 1.48. The van der Waals surface area contributed by atoms with Crippen molar-refractivity contribution in [1.29, 1.82) is 0 Å². The molecule has 1 aromatic heterocycles. The fraction of sp³-hybridized carbons (Fsp3) is 0.565. The maximum atomic E-state index is 13.2. The molecule has 0 spiro atoms. The van der Waals surface area contributed by atoms with Crippen molar-refractivity contribution in [3.05, 3.63) is 36.2 Å². The van der Waals surface area contributed by atoms with Gasteiger partial charge in [0.1, 0.15) is 0 Å². The molecule has 180 valence electrons. The van der Waals surface area contributed by atoms with Gasteiger partial charge >= 0.3 is 0 Å². The van der Waals surface area contributed by atoms with Crippen LogP contribution in [0.15, 0.2) is 35.5 Å². The predicted molar refractivity (Wildman–Crippen MR) is 125 cm³/mol. The third-order valence-electron chi connectivity index (χ3n) is 6.38. The number of aromatic nitrogens is 2. The van der Waals surface area contributed by atoms with Crippen LogP contribution in [0.25, 0.3) is 11.1 Å². The van der Waals surface area contributed by atoms with Crippen LogP contribution in [0.5, 0.6) is 0 Å². The van der Waals surface area contributed by atoms with Crippen LogP contribution in [0.1, 0.15) is 25.3 Å². The first-order chi connectivity index (χ1) is 15.8. The molecular formula is C23H33N5O4S. The highest BCUT2D eigenvalue weighted by Gasteiger charge is 2.28. The molecule has 0 atom stereocenters. The number of amides is 1. The highest BCUT2D eigenvalue weighted by atomic mass is 32.2. The Morgan fingerprint density at radius 1 is 1.12 bits per heavy atom. The van der Waals surface area contributed by atoms with Gasteiger partial charge in [0, 0.05) is 57.4 Å². The summed E-state index contributed by atoms with van der Waals surface area (Å²) in [6.45, 7) is 8.57. The zero-order chi connectivity index (χ0) is 23.4. The summed E-state index contributed by atoms with van der Waals surface area (Å²) in [5, 5.41) is 7.49. The molecule has 2 saturated heterocycles. The van der Waals surface area contributed by atoms with Crippen LogP contribution in [0.2, 0.25) is 0 Å². The van der Waals surface area contributed by atoms with E-state index in [2.05, 4.69) is 15.3 Å². The van der Waals surface area contributed by atoms with Crippen LogP contribution in [0, 0.1) is 6.92 Å². The molecule has 0 saturated carbocycles. The number of nitrogens with one attached hydrogen (secondary N) is 1. The number of carbonyl (C=O) groups is 1. The Hall–Kier alpha value is -2.27. The smallest absolute Gasteiger partial charge is 0.243 e. The standard InChI is InChI=1S/C23H33N5O4S/c1-18-3-4-20(15-23(18)33(30,31)28-11-13-32-14-12-28)21-16-24-27(17-21)10-9-26-7-5-22(6-8-26)25-19(2)29/h3-4,15-17,22H,5-14H2,1-2H3,(H,25,29). The number of carbonyl (C=O) groups excluding carboxylic acids is 1. The summed E-state index contributed by atoms with van der Waals surface area (Å²) in [6.07, 6.45) is 5.69. The average molecular weight is 476 g/mol. The van der Waals surface area contributed by atoms with Gasteiger partial charge in [-0.3, -0.25) is 9.48 Å². The summed E-state index contributed by atoms with van der Waals surface area (Å²) in [5.41, 5.74) is 2.48. The van der Waals surface area contributed by atoms with Gasteiger partial charge in [0.15, 0.2) is 0 Å². The van der Waals surface area contributed by atoms with E-state index in [9.17, 15) is 13.2 Å². The number of sulfonamides is 1. The van der Waals surface area contributed by atoms with Crippen LogP contribution in [-0.4, -0.2) is 85.3 Å². The lowest BCUT2D eigenvalue weighted by molar-refractivity contribution is -0.119. The molecule has 1 amide bonds. The van der Waals surface area contributed by atoms with Gasteiger partial charge in [0.05, 0.1) is 30.9 Å². The largest absolute Gasteiger partial charge is 0.379 e. The third-order valence-corrected chi connectivity index (χ3v) is 8.42. The van der Waals surface area contributed by atoms with Crippen molar-refractivity contribution in [3.8, 4) is 11.1 Å². The van der Waals surface area contributed by atoms with Crippen LogP contribution in [-0.2, 0) is 26.1 Å². The molecular weight excluding hydrogens is 442 g/mol. The van der Waals surface area contributed by atoms with Gasteiger partial charge in [0.2, 0.25) is 15.9 Å². The first kappa shape index (κ1) is 23.9. The number of aryl methyl sites for hydroxylation is 1. The minimum Gasteiger partial charge on any atom is -0.379 e. The molecule has 2 aliphatic heterocycles. The molecule has 9 nitrogen and oxygen atoms in total. The van der Waals surface area contributed by atoms with Crippen molar-refractivity contribution >= 4 is 15.9 Å². The monoisotopic (exact) mass is 475 g/mol. The van der Waals surface area contributed by atoms with E-state index in [-0.39, 0.29) is 11.9 Å². The Labute approximate surface area is 195 Å². The molecule has 2 aromatic rings. The van der Waals surface area contributed by atoms with E-state index in [1.54, 1.807) is 19.2 Å². The molecule has 2 aliphatic rings. The SMILES string of the molecule is CC(=O)NC1CCN(CCn2cc(-c3ccc(C)c(S(=O)(=O)N4CCOCC4)c3)cn2)CC1. The molecule has 1 N–H and O–H groups in total. The van der Waals surface area contributed by atoms with Crippen molar-refractivity contribution in [1.82, 2.24) is 24.3 Å². The van der Waals surface area contributed by atoms with Crippen molar-refractivity contribution in [2.24, 2.45) is 0 Å². The Kier molecular flexibility index (Phi) is 7.48. The highest BCUT2D eigenvalue weighted by Crippen LogP contribution is 2.27. The number of ether oxygens (including phenoxy) is 1. The minimum atomic E-state index is -3.56. The lowest BCUT2D eigenvalue weighted by Crippen LogP contribution is -2.44. The molecule has 2 fully saturated rings. The summed E-state index contributed by atoms with van der Waals surface area (Å²) in [5.74, 6) is 0.0366. The molecule has 4 rings (SSSR count). The van der Waals surface area contributed by atoms with Crippen molar-refractivity contribution < 1.29 is 17.9 Å². The van der Waals surface area contributed by atoms with E-state index in [1.165, 1.54) is 4.31 Å². The molecule has 33 heavy (non-hydrogen) atoms. The summed E-state index contributed by atoms with van der Waals surface area (Å²) < 4.78 is 35.1. The number of rotatable bonds is 7. The van der Waals surface area contributed by atoms with Gasteiger partial charge in [-0.25, -0.2) is 8.42 Å². The Morgan fingerprint density at radius 2 is 1.85 bits per heavy atom. The lowest BCUT2D eigenvalue weighted by atomic mass is 10.1. The van der Waals surface area contributed by atoms with E-state index in [0.29, 0.717) is 31.2 Å². The zero-order valence-corrected chi connectivity index (χ0v) is 20.2. The van der Waals surface area contributed by atoms with E-state index in [0.717, 1.165) is 55.7 Å². The van der Waals surface area contributed by atoms with E-state index >= 15 is 0 Å². The second-order valence-electron chi connectivity index (χ2n) is 8.81. The van der Waals surface area contributed by atoms with Gasteiger partial charge in [-0.15, -0.1) is 0 Å². The van der Waals surface area contributed by atoms with Gasteiger partial charge in [-0.05, 0) is 37.0 Å². The van der Waals surface area contributed by atoms with Gasteiger partial charge < -0.3 is 15.0 Å². The number of hydrogen-bond acceptors (Lipinski definition) is 6. The number of benzene rings is 1. The van der Waals surface area contributed by atoms with E-state index in [4.69, 9.17) is 4.74 Å². The summed E-state index contributed by atoms with van der Waals surface area (Å²) in [4.78, 5) is 14.0. The van der Waals surface area contributed by atoms with Crippen LogP contribution in [0.3, 0.4) is 0 Å². The van der Waals surface area contributed by atoms with Crippen LogP contribution in [0.4, 0.5) is 0 Å². The second-order valence-corrected chi connectivity index (χ2v) is 10.7. The number of likely N-dealkylation sites (tertiary alicyclic amines) is 1. The minimum absolute atomic E-state index is 0.0366. The molecule has 1 aromatic carbocycles. The quantitative estimate of drug-likeness (QED) is 0.652. The number of nitrogens with zero attached hydrogens (tertiary/aromatic N) is 4. The van der Waals surface area contributed by atoms with E-state index < -0.39 is 10.0 Å². The molecule has 0 aliphatic carbocycles. The highest BCUT2D eigenvalue weighted by molar-refractivity contribution is 7.89. The van der Waals surface area contributed by atoms with Crippen LogP contribution < -0.4 is 5.32 Å². The molecule has 0 unspecified atom stereocenters. The fourth-order valence-corrected chi connectivity index (χ4v) is 6.11. The number of hydrogen-bond donors (Lipinski definition) is 1. The van der Waals surface area contributed by atoms with Crippen molar-refractivity contribution in [2.75, 3.05) is 45.9 Å². The third kappa shape index (κ3) is 5.81. The first-order valence-electron chi connectivity index (χ1n) is 11.5. The fourth-order valence-electron chi connectivity index (χ4n) is 4.45. The Bertz CT molecular complexity index is 1070. The number of morpholine rings is 1. The zero-order valence-electron chi connectivity index (χ0n) is 19.4. The molecule has 10 heteroatoms. The van der Waals surface area contributed by atoms with Gasteiger partial charge in [-0.2, -0.15) is 9.40 Å². The van der Waals surface area contributed by atoms with Gasteiger partial charge in [-0.1, -0.05) is 12.1 Å².